The third kappa shape index (κ3) is 3.38. The molecule has 0 amide bonds. The molecule has 1 unspecified atom stereocenters. The Balaban J connectivity index is 1.70. The maximum atomic E-state index is 12.7. The second kappa shape index (κ2) is 7.51. The Morgan fingerprint density at radius 3 is 2.67 bits per heavy atom. The molecule has 0 aliphatic carbocycles. The number of aromatic nitrogens is 3. The minimum absolute atomic E-state index is 0.116. The van der Waals surface area contributed by atoms with Gasteiger partial charge in [-0.25, -0.2) is 9.97 Å². The molecule has 33 heavy (non-hydrogen) atoms. The summed E-state index contributed by atoms with van der Waals surface area (Å²) in [5.41, 5.74) is 0.853. The highest BCUT2D eigenvalue weighted by Crippen LogP contribution is 2.48. The number of alkyl halides is 3. The van der Waals surface area contributed by atoms with Gasteiger partial charge in [0, 0.05) is 16.0 Å². The molecule has 170 valence electrons. The Labute approximate surface area is 195 Å². The van der Waals surface area contributed by atoms with Gasteiger partial charge in [0.1, 0.15) is 0 Å². The van der Waals surface area contributed by atoms with Crippen LogP contribution in [-0.4, -0.2) is 39.5 Å². The van der Waals surface area contributed by atoms with Crippen molar-refractivity contribution in [2.45, 2.75) is 11.8 Å². The third-order valence-corrected chi connectivity index (χ3v) is 6.07. The van der Waals surface area contributed by atoms with Crippen LogP contribution in [0.2, 0.25) is 10.0 Å². The van der Waals surface area contributed by atoms with E-state index in [1.807, 2.05) is 0 Å². The van der Waals surface area contributed by atoms with Crippen LogP contribution >= 0.6 is 23.2 Å². The summed E-state index contributed by atoms with van der Waals surface area (Å²) in [4.78, 5) is 8.36. The zero-order valence-corrected chi connectivity index (χ0v) is 18.3. The molecule has 0 spiro atoms. The predicted molar refractivity (Wildman–Crippen MR) is 116 cm³/mol. The number of methoxy groups -OCH3 is 1. The molecule has 0 radical (unpaired) electrons. The Morgan fingerprint density at radius 2 is 1.94 bits per heavy atom. The lowest BCUT2D eigenvalue weighted by Gasteiger charge is -2.25. The molecule has 11 heteroatoms. The predicted octanol–water partition coefficient (Wildman–Crippen LogP) is 5.27. The number of halogens is 5. The Hall–Kier alpha value is -3.01. The second-order valence-electron chi connectivity index (χ2n) is 7.42. The fraction of sp³-hybridized carbons (Fsp3) is 0.182. The number of imidazole rings is 1. The Bertz CT molecular complexity index is 1410. The largest absolute Gasteiger partial charge is 0.478 e. The molecular formula is C22H14Cl2F3N3O3. The molecule has 1 aliphatic rings. The van der Waals surface area contributed by atoms with Crippen molar-refractivity contribution in [1.82, 2.24) is 14.5 Å². The van der Waals surface area contributed by atoms with E-state index in [0.29, 0.717) is 33.0 Å². The number of benzene rings is 2. The van der Waals surface area contributed by atoms with E-state index < -0.39 is 18.4 Å². The van der Waals surface area contributed by atoms with Gasteiger partial charge in [-0.15, -0.1) is 0 Å². The van der Waals surface area contributed by atoms with Crippen LogP contribution in [0.5, 0.6) is 11.6 Å². The molecule has 2 aromatic carbocycles. The number of hydrogen-bond acceptors (Lipinski definition) is 5. The molecule has 1 aliphatic heterocycles. The van der Waals surface area contributed by atoms with Crippen molar-refractivity contribution < 1.29 is 27.8 Å². The summed E-state index contributed by atoms with van der Waals surface area (Å²) in [5.74, 6) is -0.515. The SMILES string of the molecule is COc1nc2ccc(C3(O)c4ccc(Cl)cc4-n4cncc43)cc2c(Cl)c1OCC(F)(F)F. The monoisotopic (exact) mass is 495 g/mol. The second-order valence-corrected chi connectivity index (χ2v) is 8.24. The summed E-state index contributed by atoms with van der Waals surface area (Å²) in [6, 6.07) is 9.89. The van der Waals surface area contributed by atoms with Gasteiger partial charge in [0.05, 0.1) is 41.6 Å². The number of hydrogen-bond donors (Lipinski definition) is 1. The zero-order chi connectivity index (χ0) is 23.5. The molecule has 0 bridgehead atoms. The number of pyridine rings is 1. The summed E-state index contributed by atoms with van der Waals surface area (Å²) in [7, 11) is 1.25. The smallest absolute Gasteiger partial charge is 0.422 e. The lowest BCUT2D eigenvalue weighted by molar-refractivity contribution is -0.153. The van der Waals surface area contributed by atoms with E-state index in [-0.39, 0.29) is 22.0 Å². The Kier molecular flexibility index (Phi) is 4.97. The highest BCUT2D eigenvalue weighted by Gasteiger charge is 2.44. The van der Waals surface area contributed by atoms with Gasteiger partial charge in [0.2, 0.25) is 5.75 Å². The summed E-state index contributed by atoms with van der Waals surface area (Å²) in [5, 5.41) is 12.6. The van der Waals surface area contributed by atoms with Crippen molar-refractivity contribution in [1.29, 1.82) is 0 Å². The van der Waals surface area contributed by atoms with Gasteiger partial charge in [-0.05, 0) is 29.8 Å². The molecule has 4 aromatic rings. The van der Waals surface area contributed by atoms with Crippen molar-refractivity contribution in [2.75, 3.05) is 13.7 Å². The molecule has 5 rings (SSSR count). The van der Waals surface area contributed by atoms with E-state index >= 15 is 0 Å². The van der Waals surface area contributed by atoms with Crippen LogP contribution in [0.15, 0.2) is 48.9 Å². The number of aliphatic hydroxyl groups is 1. The number of rotatable bonds is 4. The fourth-order valence-corrected chi connectivity index (χ4v) is 4.49. The summed E-state index contributed by atoms with van der Waals surface area (Å²) in [6.45, 7) is -1.56. The van der Waals surface area contributed by atoms with Crippen LogP contribution in [0.25, 0.3) is 16.6 Å². The van der Waals surface area contributed by atoms with Gasteiger partial charge < -0.3 is 14.6 Å². The average molecular weight is 496 g/mol. The standard InChI is InChI=1S/C22H14Cl2F3N3O3/c1-32-20-19(33-9-21(25,26)27)18(24)13-6-11(2-5-15(13)29-20)22(31)14-4-3-12(23)7-16(14)30-10-28-8-17(22)30/h2-8,10,31H,9H2,1H3. The molecular weight excluding hydrogens is 482 g/mol. The van der Waals surface area contributed by atoms with Crippen molar-refractivity contribution in [3.63, 3.8) is 0 Å². The van der Waals surface area contributed by atoms with Crippen LogP contribution in [-0.2, 0) is 5.60 Å². The van der Waals surface area contributed by atoms with Crippen molar-refractivity contribution in [2.24, 2.45) is 0 Å². The lowest BCUT2D eigenvalue weighted by Crippen LogP contribution is -2.26. The first-order chi connectivity index (χ1) is 15.6. The number of ether oxygens (including phenoxy) is 2. The molecule has 0 saturated heterocycles. The van der Waals surface area contributed by atoms with Crippen LogP contribution in [0, 0.1) is 0 Å². The topological polar surface area (TPSA) is 69.4 Å². The zero-order valence-electron chi connectivity index (χ0n) is 16.8. The fourth-order valence-electron chi connectivity index (χ4n) is 4.03. The third-order valence-electron chi connectivity index (χ3n) is 5.46. The summed E-state index contributed by atoms with van der Waals surface area (Å²) >= 11 is 12.6. The van der Waals surface area contributed by atoms with Gasteiger partial charge in [0.15, 0.2) is 12.2 Å². The van der Waals surface area contributed by atoms with Crippen molar-refractivity contribution >= 4 is 34.1 Å². The average Bonchev–Trinajstić information content (AvgIpc) is 3.34. The molecule has 3 heterocycles. The van der Waals surface area contributed by atoms with E-state index in [1.165, 1.54) is 13.3 Å². The minimum Gasteiger partial charge on any atom is -0.478 e. The lowest BCUT2D eigenvalue weighted by atomic mass is 9.85. The molecule has 1 atom stereocenters. The van der Waals surface area contributed by atoms with E-state index in [4.69, 9.17) is 32.7 Å². The van der Waals surface area contributed by atoms with Crippen LogP contribution < -0.4 is 9.47 Å². The highest BCUT2D eigenvalue weighted by atomic mass is 35.5. The van der Waals surface area contributed by atoms with Crippen LogP contribution in [0.1, 0.15) is 16.8 Å². The molecule has 2 aromatic heterocycles. The van der Waals surface area contributed by atoms with Gasteiger partial charge in [-0.1, -0.05) is 35.3 Å². The summed E-state index contributed by atoms with van der Waals surface area (Å²) < 4.78 is 49.9. The Morgan fingerprint density at radius 1 is 1.15 bits per heavy atom. The molecule has 0 saturated carbocycles. The number of nitrogens with zero attached hydrogens (tertiary/aromatic N) is 3. The van der Waals surface area contributed by atoms with Gasteiger partial charge in [-0.3, -0.25) is 4.57 Å². The minimum atomic E-state index is -4.58. The quantitative estimate of drug-likeness (QED) is 0.417. The van der Waals surface area contributed by atoms with Crippen molar-refractivity contribution in [3.8, 4) is 17.3 Å². The van der Waals surface area contributed by atoms with Gasteiger partial charge >= 0.3 is 6.18 Å². The van der Waals surface area contributed by atoms with Gasteiger partial charge in [0.25, 0.3) is 5.88 Å². The maximum Gasteiger partial charge on any atom is 0.422 e. The van der Waals surface area contributed by atoms with E-state index in [9.17, 15) is 18.3 Å². The highest BCUT2D eigenvalue weighted by molar-refractivity contribution is 6.37. The van der Waals surface area contributed by atoms with Crippen LogP contribution in [0.4, 0.5) is 13.2 Å². The van der Waals surface area contributed by atoms with E-state index in [0.717, 1.165) is 0 Å². The van der Waals surface area contributed by atoms with Crippen molar-refractivity contribution in [3.05, 3.63) is 75.8 Å². The van der Waals surface area contributed by atoms with E-state index in [2.05, 4.69) is 9.97 Å². The summed E-state index contributed by atoms with van der Waals surface area (Å²) in [6.07, 6.45) is -1.48. The van der Waals surface area contributed by atoms with Crippen LogP contribution in [0.3, 0.4) is 0 Å². The van der Waals surface area contributed by atoms with E-state index in [1.54, 1.807) is 47.3 Å². The molecule has 6 nitrogen and oxygen atoms in total. The number of fused-ring (bicyclic) bond motifs is 4. The molecule has 1 N–H and O–H groups in total. The first-order valence-electron chi connectivity index (χ1n) is 9.56. The first-order valence-corrected chi connectivity index (χ1v) is 10.3. The normalized spacial score (nSPS) is 17.2. The van der Waals surface area contributed by atoms with Gasteiger partial charge in [-0.2, -0.15) is 13.2 Å². The first kappa shape index (κ1) is 21.8. The maximum absolute atomic E-state index is 12.7. The molecule has 0 fully saturated rings.